The van der Waals surface area contributed by atoms with Crippen LogP contribution in [0, 0.1) is 11.6 Å². The molecule has 64 valence electrons. The third kappa shape index (κ3) is 1.05. The molecule has 1 heterocycles. The molecule has 0 saturated carbocycles. The molecule has 0 aromatic heterocycles. The van der Waals surface area contributed by atoms with E-state index < -0.39 is 11.6 Å². The molecular formula is C9H8F2O. The lowest BCUT2D eigenvalue weighted by atomic mass is 10.1. The first-order chi connectivity index (χ1) is 5.79. The highest BCUT2D eigenvalue weighted by molar-refractivity contribution is 5.36. The van der Waals surface area contributed by atoms with E-state index in [0.717, 1.165) is 24.5 Å². The molecule has 1 aliphatic rings. The van der Waals surface area contributed by atoms with Crippen LogP contribution in [-0.2, 0) is 6.42 Å². The zero-order valence-electron chi connectivity index (χ0n) is 6.44. The zero-order chi connectivity index (χ0) is 8.55. The van der Waals surface area contributed by atoms with Gasteiger partial charge in [-0.05, 0) is 24.5 Å². The number of ether oxygens (including phenoxy) is 1. The van der Waals surface area contributed by atoms with E-state index in [4.69, 9.17) is 4.74 Å². The van der Waals surface area contributed by atoms with Gasteiger partial charge in [-0.25, -0.2) is 4.39 Å². The summed E-state index contributed by atoms with van der Waals surface area (Å²) in [6.45, 7) is 0.480. The topological polar surface area (TPSA) is 9.23 Å². The maximum absolute atomic E-state index is 13.0. The Balaban J connectivity index is 2.54. The number of aryl methyl sites for hydroxylation is 1. The van der Waals surface area contributed by atoms with Crippen LogP contribution in [0.3, 0.4) is 0 Å². The molecule has 1 aliphatic heterocycles. The van der Waals surface area contributed by atoms with Gasteiger partial charge in [0.15, 0.2) is 11.6 Å². The first-order valence-corrected chi connectivity index (χ1v) is 3.89. The van der Waals surface area contributed by atoms with Gasteiger partial charge in [0.25, 0.3) is 0 Å². The van der Waals surface area contributed by atoms with E-state index >= 15 is 0 Å². The second-order valence-corrected chi connectivity index (χ2v) is 2.80. The Morgan fingerprint density at radius 3 is 2.92 bits per heavy atom. The van der Waals surface area contributed by atoms with Gasteiger partial charge in [0.2, 0.25) is 5.82 Å². The van der Waals surface area contributed by atoms with Crippen molar-refractivity contribution in [2.45, 2.75) is 12.8 Å². The number of fused-ring (bicyclic) bond motifs is 1. The van der Waals surface area contributed by atoms with Gasteiger partial charge in [0, 0.05) is 0 Å². The first kappa shape index (κ1) is 7.53. The molecule has 1 aromatic rings. The standard InChI is InChI=1S/C9H8F2O/c10-7-4-3-6-2-1-5-12-9(6)8(7)11/h3-4H,1-2,5H2. The minimum atomic E-state index is -0.854. The summed E-state index contributed by atoms with van der Waals surface area (Å²) in [7, 11) is 0. The van der Waals surface area contributed by atoms with Gasteiger partial charge in [-0.1, -0.05) is 6.07 Å². The molecule has 0 fully saturated rings. The Kier molecular flexibility index (Phi) is 1.71. The highest BCUT2D eigenvalue weighted by Gasteiger charge is 2.17. The Bertz CT molecular complexity index is 310. The van der Waals surface area contributed by atoms with E-state index in [1.54, 1.807) is 6.07 Å². The van der Waals surface area contributed by atoms with Gasteiger partial charge < -0.3 is 4.74 Å². The number of hydrogen-bond donors (Lipinski definition) is 0. The molecule has 0 amide bonds. The SMILES string of the molecule is Fc1ccc2c(c1F)OCCC2. The van der Waals surface area contributed by atoms with Crippen LogP contribution >= 0.6 is 0 Å². The van der Waals surface area contributed by atoms with Crippen LogP contribution in [0.2, 0.25) is 0 Å². The van der Waals surface area contributed by atoms with Crippen molar-refractivity contribution in [1.82, 2.24) is 0 Å². The Morgan fingerprint density at radius 1 is 1.25 bits per heavy atom. The van der Waals surface area contributed by atoms with Crippen molar-refractivity contribution in [3.8, 4) is 5.75 Å². The van der Waals surface area contributed by atoms with Gasteiger partial charge >= 0.3 is 0 Å². The predicted octanol–water partition coefficient (Wildman–Crippen LogP) is 2.29. The molecule has 1 aromatic carbocycles. The van der Waals surface area contributed by atoms with Crippen LogP contribution in [0.15, 0.2) is 12.1 Å². The molecule has 0 atom stereocenters. The third-order valence-electron chi connectivity index (χ3n) is 1.97. The smallest absolute Gasteiger partial charge is 0.200 e. The summed E-state index contributed by atoms with van der Waals surface area (Å²) in [6.07, 6.45) is 1.64. The molecule has 3 heteroatoms. The zero-order valence-corrected chi connectivity index (χ0v) is 6.44. The van der Waals surface area contributed by atoms with Crippen LogP contribution in [0.4, 0.5) is 8.78 Å². The minimum Gasteiger partial charge on any atom is -0.490 e. The molecule has 12 heavy (non-hydrogen) atoms. The fraction of sp³-hybridized carbons (Fsp3) is 0.333. The van der Waals surface area contributed by atoms with Crippen molar-refractivity contribution in [3.63, 3.8) is 0 Å². The van der Waals surface area contributed by atoms with Gasteiger partial charge in [0.05, 0.1) is 6.61 Å². The molecule has 0 N–H and O–H groups in total. The van der Waals surface area contributed by atoms with Crippen molar-refractivity contribution in [2.24, 2.45) is 0 Å². The van der Waals surface area contributed by atoms with E-state index in [1.165, 1.54) is 0 Å². The molecule has 0 spiro atoms. The number of hydrogen-bond acceptors (Lipinski definition) is 1. The van der Waals surface area contributed by atoms with Gasteiger partial charge in [-0.3, -0.25) is 0 Å². The fourth-order valence-corrected chi connectivity index (χ4v) is 1.36. The van der Waals surface area contributed by atoms with Crippen LogP contribution in [0.25, 0.3) is 0 Å². The van der Waals surface area contributed by atoms with Gasteiger partial charge in [0.1, 0.15) is 0 Å². The quantitative estimate of drug-likeness (QED) is 0.580. The Hall–Kier alpha value is -1.12. The highest BCUT2D eigenvalue weighted by atomic mass is 19.2. The largest absolute Gasteiger partial charge is 0.490 e. The Labute approximate surface area is 69.0 Å². The predicted molar refractivity (Wildman–Crippen MR) is 40.2 cm³/mol. The molecular weight excluding hydrogens is 162 g/mol. The number of rotatable bonds is 0. The summed E-state index contributed by atoms with van der Waals surface area (Å²) in [4.78, 5) is 0. The van der Waals surface area contributed by atoms with Crippen LogP contribution in [0.5, 0.6) is 5.75 Å². The summed E-state index contributed by atoms with van der Waals surface area (Å²) in [5.41, 5.74) is 0.764. The van der Waals surface area contributed by atoms with Crippen LogP contribution < -0.4 is 4.74 Å². The lowest BCUT2D eigenvalue weighted by Crippen LogP contribution is -2.10. The molecule has 0 saturated heterocycles. The third-order valence-corrected chi connectivity index (χ3v) is 1.97. The lowest BCUT2D eigenvalue weighted by molar-refractivity contribution is 0.268. The van der Waals surface area contributed by atoms with Crippen molar-refractivity contribution in [2.75, 3.05) is 6.61 Å². The van der Waals surface area contributed by atoms with E-state index in [9.17, 15) is 8.78 Å². The van der Waals surface area contributed by atoms with Crippen LogP contribution in [0.1, 0.15) is 12.0 Å². The van der Waals surface area contributed by atoms with Crippen LogP contribution in [-0.4, -0.2) is 6.61 Å². The minimum absolute atomic E-state index is 0.0984. The maximum atomic E-state index is 13.0. The average molecular weight is 170 g/mol. The molecule has 0 unspecified atom stereocenters. The maximum Gasteiger partial charge on any atom is 0.200 e. The van der Waals surface area contributed by atoms with Crippen molar-refractivity contribution < 1.29 is 13.5 Å². The van der Waals surface area contributed by atoms with Gasteiger partial charge in [-0.15, -0.1) is 0 Å². The van der Waals surface area contributed by atoms with Crippen molar-refractivity contribution >= 4 is 0 Å². The van der Waals surface area contributed by atoms with E-state index in [0.29, 0.717) is 6.61 Å². The monoisotopic (exact) mass is 170 g/mol. The van der Waals surface area contributed by atoms with E-state index in [2.05, 4.69) is 0 Å². The molecule has 2 rings (SSSR count). The summed E-state index contributed by atoms with van der Waals surface area (Å²) < 4.78 is 30.7. The second-order valence-electron chi connectivity index (χ2n) is 2.80. The molecule has 0 aliphatic carbocycles. The van der Waals surface area contributed by atoms with E-state index in [-0.39, 0.29) is 5.75 Å². The molecule has 1 nitrogen and oxygen atoms in total. The Morgan fingerprint density at radius 2 is 2.08 bits per heavy atom. The van der Waals surface area contributed by atoms with E-state index in [1.807, 2.05) is 0 Å². The number of benzene rings is 1. The second kappa shape index (κ2) is 2.73. The number of halogens is 2. The van der Waals surface area contributed by atoms with Gasteiger partial charge in [-0.2, -0.15) is 4.39 Å². The normalized spacial score (nSPS) is 15.2. The summed E-state index contributed by atoms with van der Waals surface area (Å²) in [5.74, 6) is -1.59. The summed E-state index contributed by atoms with van der Waals surface area (Å²) in [5, 5.41) is 0. The lowest BCUT2D eigenvalue weighted by Gasteiger charge is -2.17. The summed E-state index contributed by atoms with van der Waals surface area (Å²) >= 11 is 0. The molecule has 0 radical (unpaired) electrons. The summed E-state index contributed by atoms with van der Waals surface area (Å²) in [6, 6.07) is 2.72. The fourth-order valence-electron chi connectivity index (χ4n) is 1.36. The average Bonchev–Trinajstić information content (AvgIpc) is 2.12. The highest BCUT2D eigenvalue weighted by Crippen LogP contribution is 2.29. The van der Waals surface area contributed by atoms with Crippen molar-refractivity contribution in [3.05, 3.63) is 29.3 Å². The first-order valence-electron chi connectivity index (χ1n) is 3.89. The van der Waals surface area contributed by atoms with Crippen molar-refractivity contribution in [1.29, 1.82) is 0 Å². The molecule has 0 bridgehead atoms.